The molecule has 6 heteroatoms. The highest BCUT2D eigenvalue weighted by molar-refractivity contribution is 5.85. The van der Waals surface area contributed by atoms with E-state index in [-0.39, 0.29) is 24.7 Å². The van der Waals surface area contributed by atoms with Crippen molar-refractivity contribution >= 4 is 11.9 Å². The Labute approximate surface area is 130 Å². The van der Waals surface area contributed by atoms with E-state index >= 15 is 0 Å². The second kappa shape index (κ2) is 6.96. The van der Waals surface area contributed by atoms with Gasteiger partial charge in [0.25, 0.3) is 0 Å². The monoisotopic (exact) mass is 311 g/mol. The number of hydrogen-bond acceptors (Lipinski definition) is 4. The van der Waals surface area contributed by atoms with Crippen LogP contribution < -0.4 is 0 Å². The Morgan fingerprint density at radius 2 is 2.00 bits per heavy atom. The largest absolute Gasteiger partial charge is 0.480 e. The maximum Gasteiger partial charge on any atom is 0.326 e. The van der Waals surface area contributed by atoms with Crippen LogP contribution in [0, 0.1) is 5.92 Å². The fourth-order valence-electron chi connectivity index (χ4n) is 4.17. The van der Waals surface area contributed by atoms with E-state index in [2.05, 4.69) is 0 Å². The lowest BCUT2D eigenvalue weighted by Crippen LogP contribution is -2.47. The van der Waals surface area contributed by atoms with Gasteiger partial charge in [-0.3, -0.25) is 4.79 Å². The molecule has 22 heavy (non-hydrogen) atoms. The van der Waals surface area contributed by atoms with Gasteiger partial charge in [0, 0.05) is 12.6 Å². The Morgan fingerprint density at radius 1 is 1.18 bits per heavy atom. The van der Waals surface area contributed by atoms with Gasteiger partial charge in [-0.05, 0) is 38.0 Å². The zero-order valence-corrected chi connectivity index (χ0v) is 12.9. The number of rotatable bonds is 5. The number of hydrogen-bond donors (Lipinski definition) is 1. The summed E-state index contributed by atoms with van der Waals surface area (Å²) in [5.41, 5.74) is 0. The van der Waals surface area contributed by atoms with E-state index in [0.717, 1.165) is 45.1 Å². The van der Waals surface area contributed by atoms with Gasteiger partial charge in [0.1, 0.15) is 12.6 Å². The predicted molar refractivity (Wildman–Crippen MR) is 78.4 cm³/mol. The molecule has 2 aliphatic heterocycles. The number of amides is 1. The number of carboxylic acid groups (broad SMARTS) is 1. The van der Waals surface area contributed by atoms with Crippen LogP contribution in [0.15, 0.2) is 0 Å². The highest BCUT2D eigenvalue weighted by atomic mass is 16.5. The molecule has 0 aromatic carbocycles. The number of nitrogens with zero attached hydrogens (tertiary/aromatic N) is 1. The lowest BCUT2D eigenvalue weighted by Gasteiger charge is -2.33. The molecule has 3 fully saturated rings. The Hall–Kier alpha value is -1.14. The lowest BCUT2D eigenvalue weighted by atomic mass is 9.85. The van der Waals surface area contributed by atoms with Crippen LogP contribution in [0.1, 0.15) is 44.9 Å². The third-order valence-corrected chi connectivity index (χ3v) is 5.21. The summed E-state index contributed by atoms with van der Waals surface area (Å²) in [5.74, 6) is -0.723. The zero-order chi connectivity index (χ0) is 15.5. The SMILES string of the molecule is O=C(O)[C@@H]1C[C@@H]2CCCC[C@H]2N1C(=O)COC[C@@H]1CCCO1. The molecule has 3 rings (SSSR count). The molecule has 0 aromatic rings. The predicted octanol–water partition coefficient (Wildman–Crippen LogP) is 1.43. The van der Waals surface area contributed by atoms with E-state index in [1.165, 1.54) is 0 Å². The van der Waals surface area contributed by atoms with Crippen molar-refractivity contribution in [3.63, 3.8) is 0 Å². The first-order chi connectivity index (χ1) is 10.7. The molecule has 0 spiro atoms. The van der Waals surface area contributed by atoms with Crippen LogP contribution in [-0.2, 0) is 19.1 Å². The van der Waals surface area contributed by atoms with E-state index in [4.69, 9.17) is 9.47 Å². The van der Waals surface area contributed by atoms with E-state index in [1.54, 1.807) is 4.90 Å². The van der Waals surface area contributed by atoms with Gasteiger partial charge < -0.3 is 19.5 Å². The summed E-state index contributed by atoms with van der Waals surface area (Å²) in [6.45, 7) is 1.15. The molecule has 2 saturated heterocycles. The van der Waals surface area contributed by atoms with Gasteiger partial charge in [0.05, 0.1) is 12.7 Å². The summed E-state index contributed by atoms with van der Waals surface area (Å²) < 4.78 is 11.0. The van der Waals surface area contributed by atoms with Gasteiger partial charge in [-0.25, -0.2) is 4.79 Å². The number of carbonyl (C=O) groups is 2. The average Bonchev–Trinajstić information content (AvgIpc) is 3.13. The van der Waals surface area contributed by atoms with E-state index in [9.17, 15) is 14.7 Å². The average molecular weight is 311 g/mol. The van der Waals surface area contributed by atoms with Gasteiger partial charge in [-0.2, -0.15) is 0 Å². The molecule has 1 saturated carbocycles. The number of carbonyl (C=O) groups excluding carboxylic acids is 1. The van der Waals surface area contributed by atoms with Crippen LogP contribution in [0.3, 0.4) is 0 Å². The number of likely N-dealkylation sites (tertiary alicyclic amines) is 1. The summed E-state index contributed by atoms with van der Waals surface area (Å²) in [4.78, 5) is 25.6. The molecule has 0 bridgehead atoms. The Morgan fingerprint density at radius 3 is 2.73 bits per heavy atom. The molecule has 1 aliphatic carbocycles. The van der Waals surface area contributed by atoms with Crippen LogP contribution in [-0.4, -0.2) is 59.9 Å². The molecule has 1 amide bonds. The van der Waals surface area contributed by atoms with E-state index < -0.39 is 12.0 Å². The van der Waals surface area contributed by atoms with Gasteiger partial charge >= 0.3 is 5.97 Å². The fourth-order valence-corrected chi connectivity index (χ4v) is 4.17. The lowest BCUT2D eigenvalue weighted by molar-refractivity contribution is -0.152. The van der Waals surface area contributed by atoms with Crippen molar-refractivity contribution in [3.8, 4) is 0 Å². The fraction of sp³-hybridized carbons (Fsp3) is 0.875. The number of aliphatic carboxylic acids is 1. The van der Waals surface area contributed by atoms with Crippen LogP contribution in [0.25, 0.3) is 0 Å². The van der Waals surface area contributed by atoms with Gasteiger partial charge in [0.15, 0.2) is 0 Å². The first-order valence-electron chi connectivity index (χ1n) is 8.40. The van der Waals surface area contributed by atoms with Crippen molar-refractivity contribution in [2.24, 2.45) is 5.92 Å². The Kier molecular flexibility index (Phi) is 4.98. The van der Waals surface area contributed by atoms with Crippen molar-refractivity contribution in [2.45, 2.75) is 63.1 Å². The number of fused-ring (bicyclic) bond motifs is 1. The molecule has 1 N–H and O–H groups in total. The van der Waals surface area contributed by atoms with Crippen molar-refractivity contribution in [3.05, 3.63) is 0 Å². The Bertz CT molecular complexity index is 421. The smallest absolute Gasteiger partial charge is 0.326 e. The van der Waals surface area contributed by atoms with Crippen molar-refractivity contribution < 1.29 is 24.2 Å². The number of carboxylic acids is 1. The number of ether oxygens (including phenoxy) is 2. The minimum atomic E-state index is -0.887. The molecule has 3 aliphatic rings. The van der Waals surface area contributed by atoms with Gasteiger partial charge in [-0.15, -0.1) is 0 Å². The summed E-state index contributed by atoms with van der Waals surface area (Å²) in [6.07, 6.45) is 6.88. The third kappa shape index (κ3) is 3.27. The minimum absolute atomic E-state index is 0.0349. The summed E-state index contributed by atoms with van der Waals surface area (Å²) >= 11 is 0. The molecule has 6 nitrogen and oxygen atoms in total. The van der Waals surface area contributed by atoms with Crippen LogP contribution in [0.2, 0.25) is 0 Å². The van der Waals surface area contributed by atoms with Crippen molar-refractivity contribution in [1.82, 2.24) is 4.90 Å². The molecule has 2 heterocycles. The topological polar surface area (TPSA) is 76.1 Å². The van der Waals surface area contributed by atoms with Crippen LogP contribution in [0.4, 0.5) is 0 Å². The van der Waals surface area contributed by atoms with Gasteiger partial charge in [0.2, 0.25) is 5.91 Å². The zero-order valence-electron chi connectivity index (χ0n) is 12.9. The normalized spacial score (nSPS) is 34.6. The molecule has 124 valence electrons. The second-order valence-electron chi connectivity index (χ2n) is 6.65. The summed E-state index contributed by atoms with van der Waals surface area (Å²) in [5, 5.41) is 9.42. The molecular formula is C16H25NO5. The summed E-state index contributed by atoms with van der Waals surface area (Å²) in [7, 11) is 0. The molecule has 0 radical (unpaired) electrons. The maximum absolute atomic E-state index is 12.5. The van der Waals surface area contributed by atoms with Crippen molar-refractivity contribution in [1.29, 1.82) is 0 Å². The Balaban J connectivity index is 1.56. The first kappa shape index (κ1) is 15.7. The quantitative estimate of drug-likeness (QED) is 0.831. The van der Waals surface area contributed by atoms with Crippen molar-refractivity contribution in [2.75, 3.05) is 19.8 Å². The molecule has 0 unspecified atom stereocenters. The van der Waals surface area contributed by atoms with E-state index in [0.29, 0.717) is 18.9 Å². The maximum atomic E-state index is 12.5. The summed E-state index contributed by atoms with van der Waals surface area (Å²) in [6, 6.07) is -0.583. The van der Waals surface area contributed by atoms with Crippen LogP contribution >= 0.6 is 0 Å². The molecular weight excluding hydrogens is 286 g/mol. The standard InChI is InChI=1S/C16H25NO5/c18-15(10-21-9-12-5-3-7-22-12)17-13-6-2-1-4-11(13)8-14(17)16(19)20/h11-14H,1-10H2,(H,19,20)/t11-,12-,13+,14-/m0/s1. The first-order valence-corrected chi connectivity index (χ1v) is 8.40. The molecule has 0 aromatic heterocycles. The third-order valence-electron chi connectivity index (χ3n) is 5.21. The van der Waals surface area contributed by atoms with E-state index in [1.807, 2.05) is 0 Å². The highest BCUT2D eigenvalue weighted by Crippen LogP contribution is 2.39. The minimum Gasteiger partial charge on any atom is -0.480 e. The van der Waals surface area contributed by atoms with Gasteiger partial charge in [-0.1, -0.05) is 12.8 Å². The second-order valence-corrected chi connectivity index (χ2v) is 6.65. The molecule has 4 atom stereocenters. The van der Waals surface area contributed by atoms with Crippen LogP contribution in [0.5, 0.6) is 0 Å². The highest BCUT2D eigenvalue weighted by Gasteiger charge is 2.47.